The molecule has 4 rings (SSSR count). The number of imidazole rings is 1. The topological polar surface area (TPSA) is 115 Å². The van der Waals surface area contributed by atoms with E-state index in [9.17, 15) is 9.59 Å². The molecule has 0 aliphatic carbocycles. The number of rotatable bonds is 7. The van der Waals surface area contributed by atoms with Crippen LogP contribution in [-0.2, 0) is 31.9 Å². The van der Waals surface area contributed by atoms with Gasteiger partial charge in [-0.25, -0.2) is 14.5 Å². The van der Waals surface area contributed by atoms with Gasteiger partial charge in [0.15, 0.2) is 11.2 Å². The maximum absolute atomic E-state index is 12.7. The number of ether oxygens (including phenoxy) is 1. The van der Waals surface area contributed by atoms with Crippen LogP contribution in [0.5, 0.6) is 0 Å². The van der Waals surface area contributed by atoms with Crippen molar-refractivity contribution in [3.8, 4) is 0 Å². The quantitative estimate of drug-likeness (QED) is 0.391. The first kappa shape index (κ1) is 18.9. The Balaban J connectivity index is 1.41. The lowest BCUT2D eigenvalue weighted by atomic mass is 10.2. The Bertz CT molecular complexity index is 1090. The lowest BCUT2D eigenvalue weighted by molar-refractivity contribution is 0.0912. The van der Waals surface area contributed by atoms with Gasteiger partial charge < -0.3 is 9.30 Å². The zero-order chi connectivity index (χ0) is 19.7. The van der Waals surface area contributed by atoms with E-state index >= 15 is 0 Å². The van der Waals surface area contributed by atoms with Crippen LogP contribution in [0.2, 0.25) is 0 Å². The number of tetrazole rings is 1. The molecular weight excluding hydrogens is 384 g/mol. The van der Waals surface area contributed by atoms with Crippen LogP contribution < -0.4 is 11.2 Å². The Morgan fingerprint density at radius 2 is 2.18 bits per heavy atom. The highest BCUT2D eigenvalue weighted by molar-refractivity contribution is 7.99. The lowest BCUT2D eigenvalue weighted by Crippen LogP contribution is -2.39. The van der Waals surface area contributed by atoms with Gasteiger partial charge in [0.1, 0.15) is 0 Å². The standard InChI is InChI=1S/C16H22N8O3S/c1-21-10-17-13-12(21)14(25)23(16(26)22(13)2)6-4-8-28-15-18-19-20-24(15)9-11-5-3-7-27-11/h10-11H,3-9H2,1-2H3. The third kappa shape index (κ3) is 3.49. The van der Waals surface area contributed by atoms with Crippen LogP contribution in [0.15, 0.2) is 21.1 Å². The van der Waals surface area contributed by atoms with Gasteiger partial charge in [-0.1, -0.05) is 11.8 Å². The van der Waals surface area contributed by atoms with E-state index in [2.05, 4.69) is 20.5 Å². The second-order valence-electron chi connectivity index (χ2n) is 6.81. The van der Waals surface area contributed by atoms with E-state index in [1.165, 1.54) is 20.9 Å². The molecule has 150 valence electrons. The fourth-order valence-corrected chi connectivity index (χ4v) is 4.19. The highest BCUT2D eigenvalue weighted by Gasteiger charge is 2.19. The summed E-state index contributed by atoms with van der Waals surface area (Å²) in [6, 6.07) is 0. The largest absolute Gasteiger partial charge is 0.376 e. The van der Waals surface area contributed by atoms with E-state index in [0.29, 0.717) is 36.4 Å². The Labute approximate surface area is 164 Å². The highest BCUT2D eigenvalue weighted by Crippen LogP contribution is 2.19. The fraction of sp³-hybridized carbons (Fsp3) is 0.625. The van der Waals surface area contributed by atoms with Gasteiger partial charge >= 0.3 is 5.69 Å². The zero-order valence-corrected chi connectivity index (χ0v) is 16.6. The maximum Gasteiger partial charge on any atom is 0.332 e. The highest BCUT2D eigenvalue weighted by atomic mass is 32.2. The molecule has 11 nitrogen and oxygen atoms in total. The Kier molecular flexibility index (Phi) is 5.31. The number of aryl methyl sites for hydroxylation is 2. The molecule has 0 radical (unpaired) electrons. The number of nitrogens with zero attached hydrogens (tertiary/aromatic N) is 8. The summed E-state index contributed by atoms with van der Waals surface area (Å²) in [7, 11) is 3.37. The van der Waals surface area contributed by atoms with Gasteiger partial charge in [0.2, 0.25) is 5.16 Å². The van der Waals surface area contributed by atoms with Crippen LogP contribution in [0.25, 0.3) is 11.2 Å². The van der Waals surface area contributed by atoms with Gasteiger partial charge in [0.25, 0.3) is 5.56 Å². The smallest absolute Gasteiger partial charge is 0.332 e. The van der Waals surface area contributed by atoms with Gasteiger partial charge in [-0.15, -0.1) is 5.10 Å². The van der Waals surface area contributed by atoms with Crippen LogP contribution in [0.3, 0.4) is 0 Å². The van der Waals surface area contributed by atoms with E-state index in [0.717, 1.165) is 24.6 Å². The first-order valence-electron chi connectivity index (χ1n) is 9.17. The van der Waals surface area contributed by atoms with Crippen molar-refractivity contribution in [2.75, 3.05) is 12.4 Å². The first-order valence-corrected chi connectivity index (χ1v) is 10.2. The van der Waals surface area contributed by atoms with E-state index in [-0.39, 0.29) is 17.4 Å². The summed E-state index contributed by atoms with van der Waals surface area (Å²) in [5.41, 5.74) is 0.155. The third-order valence-corrected chi connectivity index (χ3v) is 5.90. The number of fused-ring (bicyclic) bond motifs is 1. The number of aromatic nitrogens is 8. The molecule has 28 heavy (non-hydrogen) atoms. The fourth-order valence-electron chi connectivity index (χ4n) is 3.38. The van der Waals surface area contributed by atoms with E-state index < -0.39 is 0 Å². The van der Waals surface area contributed by atoms with Gasteiger partial charge in [0, 0.05) is 33.0 Å². The van der Waals surface area contributed by atoms with Crippen molar-refractivity contribution >= 4 is 22.9 Å². The molecule has 3 aromatic rings. The predicted octanol–water partition coefficient (Wildman–Crippen LogP) is -0.218. The second-order valence-corrected chi connectivity index (χ2v) is 7.87. The molecule has 1 fully saturated rings. The Hall–Kier alpha value is -2.47. The van der Waals surface area contributed by atoms with Gasteiger partial charge in [-0.3, -0.25) is 13.9 Å². The number of thioether (sulfide) groups is 1. The predicted molar refractivity (Wildman–Crippen MR) is 102 cm³/mol. The summed E-state index contributed by atoms with van der Waals surface area (Å²) in [5.74, 6) is 0.685. The summed E-state index contributed by atoms with van der Waals surface area (Å²) in [4.78, 5) is 29.3. The third-order valence-electron chi connectivity index (χ3n) is 4.86. The second kappa shape index (κ2) is 7.87. The molecule has 1 atom stereocenters. The van der Waals surface area contributed by atoms with Crippen LogP contribution in [-0.4, -0.2) is 57.4 Å². The molecule has 0 saturated carbocycles. The Morgan fingerprint density at radius 1 is 1.32 bits per heavy atom. The molecule has 0 bridgehead atoms. The van der Waals surface area contributed by atoms with Crippen molar-refractivity contribution < 1.29 is 4.74 Å². The molecular formula is C16H22N8O3S. The van der Waals surface area contributed by atoms with E-state index in [1.807, 2.05) is 0 Å². The first-order chi connectivity index (χ1) is 13.6. The molecule has 1 aliphatic rings. The maximum atomic E-state index is 12.7. The normalized spacial score (nSPS) is 17.0. The van der Waals surface area contributed by atoms with Gasteiger partial charge in [-0.2, -0.15) is 0 Å². The van der Waals surface area contributed by atoms with Crippen LogP contribution in [0, 0.1) is 0 Å². The minimum absolute atomic E-state index is 0.162. The van der Waals surface area contributed by atoms with Crippen LogP contribution >= 0.6 is 11.8 Å². The van der Waals surface area contributed by atoms with Crippen molar-refractivity contribution in [2.24, 2.45) is 14.1 Å². The number of hydrogen-bond acceptors (Lipinski definition) is 8. The average Bonchev–Trinajstić information content (AvgIpc) is 3.42. The molecule has 0 spiro atoms. The Morgan fingerprint density at radius 3 is 2.96 bits per heavy atom. The average molecular weight is 406 g/mol. The van der Waals surface area contributed by atoms with Crippen molar-refractivity contribution in [1.29, 1.82) is 0 Å². The lowest BCUT2D eigenvalue weighted by Gasteiger charge is -2.10. The van der Waals surface area contributed by atoms with Gasteiger partial charge in [0.05, 0.1) is 19.0 Å². The van der Waals surface area contributed by atoms with E-state index in [4.69, 9.17) is 4.74 Å². The molecule has 0 N–H and O–H groups in total. The molecule has 0 aromatic carbocycles. The van der Waals surface area contributed by atoms with Crippen LogP contribution in [0.1, 0.15) is 19.3 Å². The minimum Gasteiger partial charge on any atom is -0.376 e. The zero-order valence-electron chi connectivity index (χ0n) is 15.8. The monoisotopic (exact) mass is 406 g/mol. The molecule has 0 amide bonds. The van der Waals surface area contributed by atoms with E-state index in [1.54, 1.807) is 29.7 Å². The van der Waals surface area contributed by atoms with Crippen LogP contribution in [0.4, 0.5) is 0 Å². The van der Waals surface area contributed by atoms with Crippen molar-refractivity contribution in [2.45, 2.75) is 43.6 Å². The summed E-state index contributed by atoms with van der Waals surface area (Å²) < 4.78 is 11.7. The van der Waals surface area contributed by atoms with Gasteiger partial charge in [-0.05, 0) is 29.7 Å². The number of hydrogen-bond donors (Lipinski definition) is 0. The van der Waals surface area contributed by atoms with Crippen molar-refractivity contribution in [3.63, 3.8) is 0 Å². The SMILES string of the molecule is Cn1cnc2c1c(=O)n(CCCSc1nnnn1CC1CCCO1)c(=O)n2C. The summed E-state index contributed by atoms with van der Waals surface area (Å²) >= 11 is 1.51. The molecule has 1 unspecified atom stereocenters. The molecule has 3 aromatic heterocycles. The molecule has 1 aliphatic heterocycles. The minimum atomic E-state index is -0.357. The molecule has 12 heteroatoms. The molecule has 1 saturated heterocycles. The molecule has 4 heterocycles. The van der Waals surface area contributed by atoms with Crippen molar-refractivity contribution in [3.05, 3.63) is 27.2 Å². The summed E-state index contributed by atoms with van der Waals surface area (Å²) in [6.45, 7) is 1.76. The summed E-state index contributed by atoms with van der Waals surface area (Å²) in [5, 5.41) is 12.6. The van der Waals surface area contributed by atoms with Crippen molar-refractivity contribution in [1.82, 2.24) is 38.9 Å². The summed E-state index contributed by atoms with van der Waals surface area (Å²) in [6.07, 6.45) is 4.43.